The smallest absolute Gasteiger partial charge is 0.311 e. The van der Waals surface area contributed by atoms with E-state index in [0.29, 0.717) is 26.1 Å². The number of pyridine rings is 1. The Balaban J connectivity index is 1.52. The summed E-state index contributed by atoms with van der Waals surface area (Å²) in [5.74, 6) is 0.519. The topological polar surface area (TPSA) is 88.4 Å². The van der Waals surface area contributed by atoms with Crippen molar-refractivity contribution in [3.8, 4) is 0 Å². The Hall–Kier alpha value is -2.96. The second kappa shape index (κ2) is 7.74. The predicted octanol–water partition coefficient (Wildman–Crippen LogP) is 2.49. The monoisotopic (exact) mass is 340 g/mol. The lowest BCUT2D eigenvalue weighted by molar-refractivity contribution is -0.384. The van der Waals surface area contributed by atoms with Gasteiger partial charge in [-0.2, -0.15) is 0 Å². The third-order valence-electron chi connectivity index (χ3n) is 4.35. The van der Waals surface area contributed by atoms with Crippen LogP contribution in [-0.4, -0.2) is 40.3 Å². The maximum absolute atomic E-state index is 12.2. The standard InChI is InChI=1S/C18H20N4O3/c23-17-11-15(12-20-18-16(22(24)25)7-4-9-19-18)13-21(17)10-8-14-5-2-1-3-6-14/h1-7,9,15H,8,10-13H2,(H,19,20)/t15-/m0/s1. The van der Waals surface area contributed by atoms with Crippen molar-refractivity contribution in [3.63, 3.8) is 0 Å². The van der Waals surface area contributed by atoms with Crippen LogP contribution in [0.15, 0.2) is 48.7 Å². The maximum atomic E-state index is 12.2. The van der Waals surface area contributed by atoms with E-state index in [1.165, 1.54) is 23.9 Å². The molecule has 1 fully saturated rings. The first-order chi connectivity index (χ1) is 12.1. The van der Waals surface area contributed by atoms with Gasteiger partial charge in [0.05, 0.1) is 4.92 Å². The summed E-state index contributed by atoms with van der Waals surface area (Å²) in [4.78, 5) is 28.6. The third-order valence-corrected chi connectivity index (χ3v) is 4.35. The summed E-state index contributed by atoms with van der Waals surface area (Å²) >= 11 is 0. The number of carbonyl (C=O) groups is 1. The second-order valence-corrected chi connectivity index (χ2v) is 6.15. The molecule has 25 heavy (non-hydrogen) atoms. The van der Waals surface area contributed by atoms with Gasteiger partial charge < -0.3 is 10.2 Å². The Kier molecular flexibility index (Phi) is 5.23. The van der Waals surface area contributed by atoms with E-state index in [0.717, 1.165) is 6.42 Å². The summed E-state index contributed by atoms with van der Waals surface area (Å²) in [6.07, 6.45) is 2.81. The molecule has 0 aliphatic carbocycles. The number of aromatic nitrogens is 1. The van der Waals surface area contributed by atoms with E-state index in [1.807, 2.05) is 23.1 Å². The molecular formula is C18H20N4O3. The molecule has 130 valence electrons. The Morgan fingerprint density at radius 1 is 1.24 bits per heavy atom. The van der Waals surface area contributed by atoms with E-state index in [-0.39, 0.29) is 23.3 Å². The van der Waals surface area contributed by atoms with Crippen LogP contribution >= 0.6 is 0 Å². The van der Waals surface area contributed by atoms with Crippen LogP contribution in [0, 0.1) is 16.0 Å². The van der Waals surface area contributed by atoms with E-state index in [9.17, 15) is 14.9 Å². The van der Waals surface area contributed by atoms with Gasteiger partial charge in [-0.15, -0.1) is 0 Å². The molecule has 0 saturated carbocycles. The highest BCUT2D eigenvalue weighted by Gasteiger charge is 2.29. The van der Waals surface area contributed by atoms with Crippen molar-refractivity contribution in [2.75, 3.05) is 25.0 Å². The van der Waals surface area contributed by atoms with E-state index in [1.54, 1.807) is 0 Å². The number of carbonyl (C=O) groups excluding carboxylic acids is 1. The van der Waals surface area contributed by atoms with Crippen LogP contribution < -0.4 is 5.32 Å². The predicted molar refractivity (Wildman–Crippen MR) is 94.2 cm³/mol. The average Bonchev–Trinajstić information content (AvgIpc) is 2.99. The van der Waals surface area contributed by atoms with Crippen molar-refractivity contribution in [1.82, 2.24) is 9.88 Å². The van der Waals surface area contributed by atoms with Gasteiger partial charge in [0.1, 0.15) is 0 Å². The number of likely N-dealkylation sites (tertiary alicyclic amines) is 1. The molecule has 1 amide bonds. The fourth-order valence-corrected chi connectivity index (χ4v) is 3.04. The van der Waals surface area contributed by atoms with Crippen LogP contribution in [0.25, 0.3) is 0 Å². The SMILES string of the molecule is O=C1C[C@@H](CNc2ncccc2[N+](=O)[O-])CN1CCc1ccccc1. The Morgan fingerprint density at radius 3 is 2.80 bits per heavy atom. The van der Waals surface area contributed by atoms with E-state index in [4.69, 9.17) is 0 Å². The summed E-state index contributed by atoms with van der Waals surface area (Å²) in [5.41, 5.74) is 1.16. The zero-order chi connectivity index (χ0) is 17.6. The molecule has 2 heterocycles. The number of anilines is 1. The van der Waals surface area contributed by atoms with Gasteiger partial charge in [-0.25, -0.2) is 4.98 Å². The Morgan fingerprint density at radius 2 is 2.04 bits per heavy atom. The summed E-state index contributed by atoms with van der Waals surface area (Å²) in [5, 5.41) is 14.0. The normalized spacial score (nSPS) is 16.9. The van der Waals surface area contributed by atoms with Crippen molar-refractivity contribution < 1.29 is 9.72 Å². The fraction of sp³-hybridized carbons (Fsp3) is 0.333. The molecule has 1 atom stereocenters. The number of benzene rings is 1. The molecule has 1 aromatic carbocycles. The van der Waals surface area contributed by atoms with Crippen LogP contribution in [0.3, 0.4) is 0 Å². The summed E-state index contributed by atoms with van der Waals surface area (Å²) in [6.45, 7) is 1.85. The van der Waals surface area contributed by atoms with Crippen molar-refractivity contribution in [3.05, 3.63) is 64.3 Å². The molecule has 2 aromatic rings. The minimum Gasteiger partial charge on any atom is -0.364 e. The van der Waals surface area contributed by atoms with Crippen LogP contribution in [0.5, 0.6) is 0 Å². The maximum Gasteiger partial charge on any atom is 0.311 e. The van der Waals surface area contributed by atoms with E-state index < -0.39 is 4.92 Å². The molecule has 0 bridgehead atoms. The molecule has 1 aromatic heterocycles. The molecule has 3 rings (SSSR count). The van der Waals surface area contributed by atoms with E-state index >= 15 is 0 Å². The Labute approximate surface area is 145 Å². The van der Waals surface area contributed by atoms with Crippen LogP contribution in [0.2, 0.25) is 0 Å². The summed E-state index contributed by atoms with van der Waals surface area (Å²) in [6, 6.07) is 13.0. The van der Waals surface area contributed by atoms with Crippen molar-refractivity contribution in [2.24, 2.45) is 5.92 Å². The number of nitrogens with zero attached hydrogens (tertiary/aromatic N) is 3. The zero-order valence-electron chi connectivity index (χ0n) is 13.8. The van der Waals surface area contributed by atoms with Gasteiger partial charge in [0.15, 0.2) is 0 Å². The molecule has 0 unspecified atom stereocenters. The van der Waals surface area contributed by atoms with Crippen LogP contribution in [-0.2, 0) is 11.2 Å². The quantitative estimate of drug-likeness (QED) is 0.618. The first-order valence-electron chi connectivity index (χ1n) is 8.28. The molecule has 1 aliphatic rings. The molecule has 1 saturated heterocycles. The van der Waals surface area contributed by atoms with Gasteiger partial charge in [-0.05, 0) is 18.1 Å². The van der Waals surface area contributed by atoms with Gasteiger partial charge >= 0.3 is 5.69 Å². The number of rotatable bonds is 7. The van der Waals surface area contributed by atoms with Gasteiger partial charge in [0.25, 0.3) is 0 Å². The summed E-state index contributed by atoms with van der Waals surface area (Å²) in [7, 11) is 0. The molecule has 0 radical (unpaired) electrons. The molecule has 1 aliphatic heterocycles. The van der Waals surface area contributed by atoms with Gasteiger partial charge in [0.2, 0.25) is 11.7 Å². The second-order valence-electron chi connectivity index (χ2n) is 6.15. The molecule has 7 heteroatoms. The molecule has 1 N–H and O–H groups in total. The number of amides is 1. The lowest BCUT2D eigenvalue weighted by Crippen LogP contribution is -2.28. The number of hydrogen-bond donors (Lipinski definition) is 1. The molecule has 7 nitrogen and oxygen atoms in total. The van der Waals surface area contributed by atoms with Gasteiger partial charge in [-0.3, -0.25) is 14.9 Å². The summed E-state index contributed by atoms with van der Waals surface area (Å²) < 4.78 is 0. The fourth-order valence-electron chi connectivity index (χ4n) is 3.04. The average molecular weight is 340 g/mol. The highest BCUT2D eigenvalue weighted by molar-refractivity contribution is 5.78. The van der Waals surface area contributed by atoms with Gasteiger partial charge in [-0.1, -0.05) is 30.3 Å². The van der Waals surface area contributed by atoms with Crippen LogP contribution in [0.1, 0.15) is 12.0 Å². The number of nitrogens with one attached hydrogen (secondary N) is 1. The highest BCUT2D eigenvalue weighted by atomic mass is 16.6. The third kappa shape index (κ3) is 4.32. The number of hydrogen-bond acceptors (Lipinski definition) is 5. The first kappa shape index (κ1) is 16.9. The highest BCUT2D eigenvalue weighted by Crippen LogP contribution is 2.23. The first-order valence-corrected chi connectivity index (χ1v) is 8.28. The molecule has 0 spiro atoms. The lowest BCUT2D eigenvalue weighted by Gasteiger charge is -2.17. The van der Waals surface area contributed by atoms with Gasteiger partial charge in [0, 0.05) is 44.2 Å². The minimum atomic E-state index is -0.457. The van der Waals surface area contributed by atoms with Crippen molar-refractivity contribution >= 4 is 17.4 Å². The van der Waals surface area contributed by atoms with Crippen molar-refractivity contribution in [1.29, 1.82) is 0 Å². The largest absolute Gasteiger partial charge is 0.364 e. The lowest BCUT2D eigenvalue weighted by atomic mass is 10.1. The molecular weight excluding hydrogens is 320 g/mol. The van der Waals surface area contributed by atoms with Crippen molar-refractivity contribution in [2.45, 2.75) is 12.8 Å². The zero-order valence-corrected chi connectivity index (χ0v) is 13.8. The van der Waals surface area contributed by atoms with E-state index in [2.05, 4.69) is 22.4 Å². The Bertz CT molecular complexity index is 751. The minimum absolute atomic E-state index is 0.0484. The van der Waals surface area contributed by atoms with Crippen LogP contribution in [0.4, 0.5) is 11.5 Å². The number of nitro groups is 1.